The Bertz CT molecular complexity index is 1230. The quantitative estimate of drug-likeness (QED) is 0.289. The van der Waals surface area contributed by atoms with E-state index in [-0.39, 0.29) is 6.54 Å². The molecule has 0 radical (unpaired) electrons. The van der Waals surface area contributed by atoms with Crippen molar-refractivity contribution in [3.05, 3.63) is 89.5 Å². The number of rotatable bonds is 10. The number of fused-ring (bicyclic) bond motifs is 1. The van der Waals surface area contributed by atoms with Gasteiger partial charge in [-0.25, -0.2) is 9.78 Å². The molecule has 2 N–H and O–H groups in total. The molecule has 3 aromatic carbocycles. The minimum Gasteiger partial charge on any atom is -0.497 e. The molecule has 0 aliphatic carbocycles. The van der Waals surface area contributed by atoms with E-state index < -0.39 is 12.3 Å². The normalized spacial score (nSPS) is 11.8. The maximum Gasteiger partial charge on any atom is 0.404 e. The van der Waals surface area contributed by atoms with Crippen LogP contribution in [0, 0.1) is 6.92 Å². The van der Waals surface area contributed by atoms with E-state index >= 15 is 0 Å². The summed E-state index contributed by atoms with van der Waals surface area (Å²) in [6.45, 7) is 3.05. The number of hydrogen-bond donors (Lipinski definition) is 2. The van der Waals surface area contributed by atoms with Crippen LogP contribution in [0.4, 0.5) is 9.93 Å². The third-order valence-electron chi connectivity index (χ3n) is 5.48. The highest BCUT2D eigenvalue weighted by Gasteiger charge is 2.25. The second kappa shape index (κ2) is 11.0. The topological polar surface area (TPSA) is 83.9 Å². The summed E-state index contributed by atoms with van der Waals surface area (Å²) in [7, 11) is 1.63. The van der Waals surface area contributed by atoms with E-state index in [4.69, 9.17) is 19.6 Å². The van der Waals surface area contributed by atoms with Gasteiger partial charge in [0, 0.05) is 18.7 Å². The van der Waals surface area contributed by atoms with Crippen molar-refractivity contribution in [2.45, 2.75) is 19.8 Å². The second-order valence-electron chi connectivity index (χ2n) is 7.76. The third-order valence-corrected chi connectivity index (χ3v) is 6.55. The van der Waals surface area contributed by atoms with Crippen LogP contribution in [0.25, 0.3) is 10.2 Å². The van der Waals surface area contributed by atoms with Crippen molar-refractivity contribution in [3.8, 4) is 5.75 Å². The summed E-state index contributed by atoms with van der Waals surface area (Å²) in [6, 6.07) is 23.8. The summed E-state index contributed by atoms with van der Waals surface area (Å²) >= 11 is 1.55. The zero-order valence-electron chi connectivity index (χ0n) is 19.1. The Morgan fingerprint density at radius 3 is 2.68 bits per heavy atom. The first kappa shape index (κ1) is 23.5. The summed E-state index contributed by atoms with van der Waals surface area (Å²) in [5.41, 5.74) is 4.01. The molecule has 0 bridgehead atoms. The summed E-state index contributed by atoms with van der Waals surface area (Å²) in [4.78, 5) is 18.0. The third kappa shape index (κ3) is 5.65. The summed E-state index contributed by atoms with van der Waals surface area (Å²) in [5, 5.41) is 12.3. The minimum absolute atomic E-state index is 0.222. The Kier molecular flexibility index (Phi) is 7.61. The maximum absolute atomic E-state index is 11.1. The van der Waals surface area contributed by atoms with Gasteiger partial charge in [0.05, 0.1) is 23.9 Å². The molecule has 0 spiro atoms. The summed E-state index contributed by atoms with van der Waals surface area (Å²) in [5.74, 6) is 0.718. The molecule has 1 amide bonds. The largest absolute Gasteiger partial charge is 0.497 e. The SMILES string of the molecule is COc1cccc(C(OCc2ccccc2C)N(CCNC(=O)O)c2nc3ccccc3s2)c1. The standard InChI is InChI=1S/C26H27N3O4S/c1-18-8-3-4-9-20(18)17-33-24(19-10-7-11-21(16-19)32-2)29(15-14-27-26(30)31)25-28-22-12-5-6-13-23(22)34-25/h3-13,16,24,27H,14-15,17H2,1-2H3,(H,30,31). The van der Waals surface area contributed by atoms with Crippen molar-refractivity contribution in [3.63, 3.8) is 0 Å². The number of carboxylic acid groups (broad SMARTS) is 1. The Morgan fingerprint density at radius 2 is 1.91 bits per heavy atom. The number of hydrogen-bond acceptors (Lipinski definition) is 6. The van der Waals surface area contributed by atoms with E-state index in [9.17, 15) is 4.79 Å². The van der Waals surface area contributed by atoms with Gasteiger partial charge in [-0.15, -0.1) is 0 Å². The fourth-order valence-corrected chi connectivity index (χ4v) is 4.69. The molecule has 0 saturated carbocycles. The molecule has 0 aliphatic heterocycles. The Labute approximate surface area is 202 Å². The molecular formula is C26H27N3O4S. The number of anilines is 1. The molecule has 1 unspecified atom stereocenters. The molecule has 176 valence electrons. The minimum atomic E-state index is -1.07. The van der Waals surface area contributed by atoms with E-state index in [0.29, 0.717) is 13.2 Å². The Balaban J connectivity index is 1.73. The molecule has 1 heterocycles. The first-order valence-corrected chi connectivity index (χ1v) is 11.8. The fraction of sp³-hybridized carbons (Fsp3) is 0.231. The first-order chi connectivity index (χ1) is 16.5. The number of benzene rings is 3. The molecule has 8 heteroatoms. The van der Waals surface area contributed by atoms with Crippen LogP contribution in [0.15, 0.2) is 72.8 Å². The average Bonchev–Trinajstić information content (AvgIpc) is 3.28. The van der Waals surface area contributed by atoms with Gasteiger partial charge in [0.1, 0.15) is 5.75 Å². The highest BCUT2D eigenvalue weighted by Crippen LogP contribution is 2.35. The van der Waals surface area contributed by atoms with Gasteiger partial charge in [0.15, 0.2) is 11.4 Å². The summed E-state index contributed by atoms with van der Waals surface area (Å²) in [6.07, 6.45) is -1.58. The number of ether oxygens (including phenoxy) is 2. The number of aryl methyl sites for hydroxylation is 1. The van der Waals surface area contributed by atoms with Crippen LogP contribution in [0.1, 0.15) is 22.9 Å². The molecule has 1 aromatic heterocycles. The molecule has 7 nitrogen and oxygen atoms in total. The second-order valence-corrected chi connectivity index (χ2v) is 8.77. The number of carbonyl (C=O) groups is 1. The number of para-hydroxylation sites is 1. The number of thiazole rings is 1. The predicted molar refractivity (Wildman–Crippen MR) is 135 cm³/mol. The van der Waals surface area contributed by atoms with E-state index in [0.717, 1.165) is 37.8 Å². The lowest BCUT2D eigenvalue weighted by molar-refractivity contribution is 0.0367. The van der Waals surface area contributed by atoms with E-state index in [1.807, 2.05) is 71.6 Å². The zero-order chi connectivity index (χ0) is 23.9. The van der Waals surface area contributed by atoms with Crippen molar-refractivity contribution in [1.29, 1.82) is 0 Å². The lowest BCUT2D eigenvalue weighted by Gasteiger charge is -2.32. The monoisotopic (exact) mass is 477 g/mol. The molecule has 4 rings (SSSR count). The Morgan fingerprint density at radius 1 is 1.12 bits per heavy atom. The Hall–Kier alpha value is -3.62. The molecular weight excluding hydrogens is 450 g/mol. The van der Waals surface area contributed by atoms with Gasteiger partial charge < -0.3 is 24.8 Å². The molecule has 34 heavy (non-hydrogen) atoms. The smallest absolute Gasteiger partial charge is 0.404 e. The van der Waals surface area contributed by atoms with Gasteiger partial charge in [-0.1, -0.05) is 59.9 Å². The number of nitrogens with one attached hydrogen (secondary N) is 1. The number of aromatic nitrogens is 1. The molecule has 0 aliphatic rings. The van der Waals surface area contributed by atoms with E-state index in [1.165, 1.54) is 0 Å². The van der Waals surface area contributed by atoms with E-state index in [2.05, 4.69) is 18.3 Å². The fourth-order valence-electron chi connectivity index (χ4n) is 3.68. The number of methoxy groups -OCH3 is 1. The molecule has 0 fully saturated rings. The van der Waals surface area contributed by atoms with Gasteiger partial charge in [-0.2, -0.15) is 0 Å². The van der Waals surface area contributed by atoms with Crippen molar-refractivity contribution in [1.82, 2.24) is 10.3 Å². The van der Waals surface area contributed by atoms with Crippen LogP contribution in [0.3, 0.4) is 0 Å². The van der Waals surface area contributed by atoms with Gasteiger partial charge >= 0.3 is 6.09 Å². The van der Waals surface area contributed by atoms with Crippen LogP contribution in [0.2, 0.25) is 0 Å². The van der Waals surface area contributed by atoms with Crippen molar-refractivity contribution in [2.24, 2.45) is 0 Å². The van der Waals surface area contributed by atoms with Crippen LogP contribution in [-0.4, -0.2) is 36.4 Å². The van der Waals surface area contributed by atoms with Crippen molar-refractivity contribution < 1.29 is 19.4 Å². The number of nitrogens with zero attached hydrogens (tertiary/aromatic N) is 2. The molecule has 0 saturated heterocycles. The molecule has 4 aromatic rings. The highest BCUT2D eigenvalue weighted by molar-refractivity contribution is 7.22. The van der Waals surface area contributed by atoms with E-state index in [1.54, 1.807) is 18.4 Å². The average molecular weight is 478 g/mol. The lowest BCUT2D eigenvalue weighted by Crippen LogP contribution is -2.38. The van der Waals surface area contributed by atoms with Crippen LogP contribution in [-0.2, 0) is 11.3 Å². The van der Waals surface area contributed by atoms with Crippen molar-refractivity contribution in [2.75, 3.05) is 25.1 Å². The van der Waals surface area contributed by atoms with Gasteiger partial charge in [0.2, 0.25) is 0 Å². The van der Waals surface area contributed by atoms with Crippen LogP contribution >= 0.6 is 11.3 Å². The van der Waals surface area contributed by atoms with Gasteiger partial charge in [-0.05, 0) is 42.3 Å². The zero-order valence-corrected chi connectivity index (χ0v) is 19.9. The first-order valence-electron chi connectivity index (χ1n) is 10.9. The predicted octanol–water partition coefficient (Wildman–Crippen LogP) is 5.60. The highest BCUT2D eigenvalue weighted by atomic mass is 32.1. The van der Waals surface area contributed by atoms with Gasteiger partial charge in [0.25, 0.3) is 0 Å². The van der Waals surface area contributed by atoms with Gasteiger partial charge in [-0.3, -0.25) is 0 Å². The van der Waals surface area contributed by atoms with Crippen LogP contribution in [0.5, 0.6) is 5.75 Å². The van der Waals surface area contributed by atoms with Crippen LogP contribution < -0.4 is 15.0 Å². The summed E-state index contributed by atoms with van der Waals surface area (Å²) < 4.78 is 13.0. The van der Waals surface area contributed by atoms with Crippen molar-refractivity contribution >= 4 is 32.8 Å². The molecule has 1 atom stereocenters. The maximum atomic E-state index is 11.1. The lowest BCUT2D eigenvalue weighted by atomic mass is 10.1. The number of amides is 1.